The first-order valence-electron chi connectivity index (χ1n) is 5.59. The quantitative estimate of drug-likeness (QED) is 0.874. The Morgan fingerprint density at radius 3 is 3.19 bits per heavy atom. The first-order chi connectivity index (χ1) is 7.70. The number of fused-ring (bicyclic) bond motifs is 1. The number of rotatable bonds is 3. The maximum absolute atomic E-state index is 6.05. The van der Waals surface area contributed by atoms with Gasteiger partial charge >= 0.3 is 0 Å². The van der Waals surface area contributed by atoms with Gasteiger partial charge in [0.2, 0.25) is 0 Å². The molecule has 2 atom stereocenters. The van der Waals surface area contributed by atoms with E-state index in [9.17, 15) is 0 Å². The Morgan fingerprint density at radius 2 is 2.44 bits per heavy atom. The Kier molecular flexibility index (Phi) is 4.14. The molecule has 2 unspecified atom stereocenters. The number of benzene rings is 1. The summed E-state index contributed by atoms with van der Waals surface area (Å²) in [5, 5.41) is 4.37. The summed E-state index contributed by atoms with van der Waals surface area (Å²) >= 11 is 7.96. The molecule has 1 aromatic carbocycles. The topological polar surface area (TPSA) is 38.0 Å². The molecule has 3 N–H and O–H groups in total. The minimum absolute atomic E-state index is 0.347. The Bertz CT molecular complexity index is 370. The van der Waals surface area contributed by atoms with Crippen molar-refractivity contribution in [3.8, 4) is 0 Å². The fourth-order valence-corrected chi connectivity index (χ4v) is 3.24. The monoisotopic (exact) mass is 256 g/mol. The van der Waals surface area contributed by atoms with E-state index >= 15 is 0 Å². The largest absolute Gasteiger partial charge is 0.329 e. The lowest BCUT2D eigenvalue weighted by Crippen LogP contribution is -2.37. The van der Waals surface area contributed by atoms with Gasteiger partial charge in [-0.2, -0.15) is 0 Å². The predicted octanol–water partition coefficient (Wildman–Crippen LogP) is 2.81. The summed E-state index contributed by atoms with van der Waals surface area (Å²) in [7, 11) is 0. The van der Waals surface area contributed by atoms with Gasteiger partial charge in [0.1, 0.15) is 0 Å². The lowest BCUT2D eigenvalue weighted by Gasteiger charge is -2.28. The van der Waals surface area contributed by atoms with Gasteiger partial charge in [0.15, 0.2) is 0 Å². The van der Waals surface area contributed by atoms with E-state index in [1.54, 1.807) is 0 Å². The molecule has 1 aliphatic heterocycles. The summed E-state index contributed by atoms with van der Waals surface area (Å²) in [5.74, 6) is 1.16. The van der Waals surface area contributed by atoms with Gasteiger partial charge in [0.25, 0.3) is 0 Å². The summed E-state index contributed by atoms with van der Waals surface area (Å²) < 4.78 is 0. The molecule has 0 bridgehead atoms. The second kappa shape index (κ2) is 5.41. The first-order valence-corrected chi connectivity index (χ1v) is 6.95. The summed E-state index contributed by atoms with van der Waals surface area (Å²) in [6.07, 6.45) is 1.14. The van der Waals surface area contributed by atoms with E-state index < -0.39 is 0 Å². The van der Waals surface area contributed by atoms with E-state index in [2.05, 4.69) is 24.4 Å². The number of halogens is 1. The standard InChI is InChI=1S/C12H17ClN2S/c1-8(7-14)15-11-4-5-16-12-3-2-9(13)6-10(11)12/h2-3,6,8,11,15H,4-5,7,14H2,1H3. The van der Waals surface area contributed by atoms with Crippen molar-refractivity contribution >= 4 is 23.4 Å². The van der Waals surface area contributed by atoms with Crippen LogP contribution in [0.25, 0.3) is 0 Å². The smallest absolute Gasteiger partial charge is 0.0410 e. The van der Waals surface area contributed by atoms with Gasteiger partial charge in [-0.15, -0.1) is 11.8 Å². The second-order valence-electron chi connectivity index (χ2n) is 4.18. The zero-order valence-electron chi connectivity index (χ0n) is 9.37. The van der Waals surface area contributed by atoms with E-state index in [-0.39, 0.29) is 0 Å². The normalized spacial score (nSPS) is 21.6. The number of hydrogen-bond acceptors (Lipinski definition) is 3. The first kappa shape index (κ1) is 12.2. The van der Waals surface area contributed by atoms with Gasteiger partial charge in [-0.1, -0.05) is 11.6 Å². The zero-order valence-corrected chi connectivity index (χ0v) is 10.9. The van der Waals surface area contributed by atoms with Gasteiger partial charge in [0.05, 0.1) is 0 Å². The Labute approximate surface area is 106 Å². The van der Waals surface area contributed by atoms with Crippen molar-refractivity contribution in [2.75, 3.05) is 12.3 Å². The third-order valence-electron chi connectivity index (χ3n) is 2.85. The van der Waals surface area contributed by atoms with E-state index in [1.807, 2.05) is 17.8 Å². The maximum Gasteiger partial charge on any atom is 0.0410 e. The van der Waals surface area contributed by atoms with Gasteiger partial charge in [-0.3, -0.25) is 0 Å². The van der Waals surface area contributed by atoms with Crippen LogP contribution in [0.4, 0.5) is 0 Å². The van der Waals surface area contributed by atoms with Crippen molar-refractivity contribution in [3.63, 3.8) is 0 Å². The summed E-state index contributed by atoms with van der Waals surface area (Å²) in [4.78, 5) is 1.34. The highest BCUT2D eigenvalue weighted by molar-refractivity contribution is 7.99. The molecule has 0 radical (unpaired) electrons. The zero-order chi connectivity index (χ0) is 11.5. The number of nitrogens with two attached hydrogens (primary N) is 1. The van der Waals surface area contributed by atoms with Gasteiger partial charge in [-0.25, -0.2) is 0 Å². The summed E-state index contributed by atoms with van der Waals surface area (Å²) in [5.41, 5.74) is 6.97. The second-order valence-corrected chi connectivity index (χ2v) is 5.75. The van der Waals surface area contributed by atoms with E-state index in [1.165, 1.54) is 10.5 Å². The minimum atomic E-state index is 0.347. The van der Waals surface area contributed by atoms with Crippen LogP contribution in [-0.4, -0.2) is 18.3 Å². The molecule has 0 fully saturated rings. The Balaban J connectivity index is 2.21. The van der Waals surface area contributed by atoms with Crippen LogP contribution in [0, 0.1) is 0 Å². The van der Waals surface area contributed by atoms with Crippen LogP contribution in [0.2, 0.25) is 5.02 Å². The SMILES string of the molecule is CC(CN)NC1CCSc2ccc(Cl)cc21. The minimum Gasteiger partial charge on any atom is -0.329 e. The maximum atomic E-state index is 6.05. The van der Waals surface area contributed by atoms with Crippen LogP contribution in [0.15, 0.2) is 23.1 Å². The molecule has 88 valence electrons. The molecule has 0 saturated carbocycles. The van der Waals surface area contributed by atoms with Crippen molar-refractivity contribution in [2.45, 2.75) is 30.3 Å². The highest BCUT2D eigenvalue weighted by Gasteiger charge is 2.21. The molecule has 1 aromatic rings. The molecular weight excluding hydrogens is 240 g/mol. The molecule has 2 rings (SSSR count). The third-order valence-corrected chi connectivity index (χ3v) is 4.21. The van der Waals surface area contributed by atoms with E-state index in [0.29, 0.717) is 18.6 Å². The van der Waals surface area contributed by atoms with Crippen LogP contribution in [0.3, 0.4) is 0 Å². The van der Waals surface area contributed by atoms with Crippen LogP contribution in [-0.2, 0) is 0 Å². The molecule has 4 heteroatoms. The molecule has 0 spiro atoms. The van der Waals surface area contributed by atoms with Crippen LogP contribution >= 0.6 is 23.4 Å². The molecule has 16 heavy (non-hydrogen) atoms. The molecule has 1 heterocycles. The molecule has 0 aromatic heterocycles. The van der Waals surface area contributed by atoms with Crippen LogP contribution < -0.4 is 11.1 Å². The van der Waals surface area contributed by atoms with Gasteiger partial charge < -0.3 is 11.1 Å². The van der Waals surface area contributed by atoms with Gasteiger partial charge in [0, 0.05) is 28.5 Å². The average Bonchev–Trinajstić information content (AvgIpc) is 2.29. The summed E-state index contributed by atoms with van der Waals surface area (Å²) in [6, 6.07) is 6.89. The number of hydrogen-bond donors (Lipinski definition) is 2. The predicted molar refractivity (Wildman–Crippen MR) is 71.2 cm³/mol. The number of nitrogens with one attached hydrogen (secondary N) is 1. The van der Waals surface area contributed by atoms with Crippen molar-refractivity contribution < 1.29 is 0 Å². The third kappa shape index (κ3) is 2.72. The lowest BCUT2D eigenvalue weighted by molar-refractivity contribution is 0.445. The van der Waals surface area contributed by atoms with E-state index in [4.69, 9.17) is 17.3 Å². The Morgan fingerprint density at radius 1 is 1.62 bits per heavy atom. The molecular formula is C12H17ClN2S. The average molecular weight is 257 g/mol. The molecule has 0 aliphatic carbocycles. The van der Waals surface area contributed by atoms with E-state index in [0.717, 1.165) is 17.2 Å². The summed E-state index contributed by atoms with van der Waals surface area (Å²) in [6.45, 7) is 2.78. The fourth-order valence-electron chi connectivity index (χ4n) is 1.95. The molecule has 0 amide bonds. The Hall–Kier alpha value is -0.220. The highest BCUT2D eigenvalue weighted by Crippen LogP contribution is 2.37. The number of thioether (sulfide) groups is 1. The molecule has 2 nitrogen and oxygen atoms in total. The lowest BCUT2D eigenvalue weighted by atomic mass is 10.0. The molecule has 1 aliphatic rings. The van der Waals surface area contributed by atoms with Crippen molar-refractivity contribution in [3.05, 3.63) is 28.8 Å². The van der Waals surface area contributed by atoms with Crippen LogP contribution in [0.1, 0.15) is 24.9 Å². The highest BCUT2D eigenvalue weighted by atomic mass is 35.5. The fraction of sp³-hybridized carbons (Fsp3) is 0.500. The molecule has 0 saturated heterocycles. The van der Waals surface area contributed by atoms with Crippen molar-refractivity contribution in [1.29, 1.82) is 0 Å². The van der Waals surface area contributed by atoms with Crippen molar-refractivity contribution in [2.24, 2.45) is 5.73 Å². The van der Waals surface area contributed by atoms with Crippen molar-refractivity contribution in [1.82, 2.24) is 5.32 Å². The van der Waals surface area contributed by atoms with Crippen LogP contribution in [0.5, 0.6) is 0 Å². The van der Waals surface area contributed by atoms with Gasteiger partial charge in [-0.05, 0) is 42.9 Å².